The van der Waals surface area contributed by atoms with Crippen LogP contribution in [0, 0.1) is 6.92 Å². The van der Waals surface area contributed by atoms with Crippen LogP contribution in [-0.4, -0.2) is 24.5 Å². The van der Waals surface area contributed by atoms with E-state index in [0.717, 1.165) is 12.0 Å². The van der Waals surface area contributed by atoms with Gasteiger partial charge in [-0.25, -0.2) is 4.79 Å². The molecule has 1 unspecified atom stereocenters. The van der Waals surface area contributed by atoms with Gasteiger partial charge in [0.1, 0.15) is 11.5 Å². The molecule has 2 aliphatic heterocycles. The van der Waals surface area contributed by atoms with Gasteiger partial charge in [-0.2, -0.15) is 0 Å². The molecular weight excluding hydrogens is 332 g/mol. The van der Waals surface area contributed by atoms with Gasteiger partial charge in [0.05, 0.1) is 5.56 Å². The maximum atomic E-state index is 12.6. The van der Waals surface area contributed by atoms with E-state index >= 15 is 0 Å². The van der Waals surface area contributed by atoms with Crippen LogP contribution in [0.5, 0.6) is 11.5 Å². The van der Waals surface area contributed by atoms with Gasteiger partial charge in [0.2, 0.25) is 5.78 Å². The minimum absolute atomic E-state index is 0.177. The Hall–Kier alpha value is -2.92. The quantitative estimate of drug-likeness (QED) is 0.480. The number of allylic oxidation sites excluding steroid dienone is 1. The Morgan fingerprint density at radius 3 is 2.73 bits per heavy atom. The molecule has 26 heavy (non-hydrogen) atoms. The lowest BCUT2D eigenvalue weighted by molar-refractivity contribution is -0.144. The summed E-state index contributed by atoms with van der Waals surface area (Å²) in [6.45, 7) is 2.35. The number of ketones is 1. The van der Waals surface area contributed by atoms with Crippen molar-refractivity contribution in [2.45, 2.75) is 25.9 Å². The summed E-state index contributed by atoms with van der Waals surface area (Å²) < 4.78 is 16.6. The fourth-order valence-corrected chi connectivity index (χ4v) is 3.12. The molecule has 2 aromatic carbocycles. The summed E-state index contributed by atoms with van der Waals surface area (Å²) in [5.41, 5.74) is 1.98. The van der Waals surface area contributed by atoms with Gasteiger partial charge in [0.25, 0.3) is 0 Å². The molecule has 2 heterocycles. The van der Waals surface area contributed by atoms with E-state index in [9.17, 15) is 9.59 Å². The van der Waals surface area contributed by atoms with Crippen LogP contribution in [0.1, 0.15) is 34.3 Å². The Balaban J connectivity index is 1.59. The Kier molecular flexibility index (Phi) is 4.31. The van der Waals surface area contributed by atoms with Crippen LogP contribution in [-0.2, 0) is 9.53 Å². The molecule has 2 aliphatic rings. The maximum Gasteiger partial charge on any atom is 0.340 e. The molecule has 4 rings (SSSR count). The third kappa shape index (κ3) is 3.02. The minimum atomic E-state index is -0.515. The van der Waals surface area contributed by atoms with Crippen molar-refractivity contribution in [1.82, 2.24) is 0 Å². The molecular formula is C21H18O5. The first-order valence-electron chi connectivity index (χ1n) is 8.59. The number of rotatable bonds is 3. The van der Waals surface area contributed by atoms with E-state index in [2.05, 4.69) is 0 Å². The van der Waals surface area contributed by atoms with E-state index in [4.69, 9.17) is 14.2 Å². The van der Waals surface area contributed by atoms with E-state index in [1.54, 1.807) is 25.1 Å². The third-order valence-electron chi connectivity index (χ3n) is 4.54. The van der Waals surface area contributed by atoms with Crippen LogP contribution in [0.25, 0.3) is 6.08 Å². The summed E-state index contributed by atoms with van der Waals surface area (Å²) in [5, 5.41) is 0. The van der Waals surface area contributed by atoms with Crippen LogP contribution in [0.2, 0.25) is 0 Å². The van der Waals surface area contributed by atoms with Crippen molar-refractivity contribution in [1.29, 1.82) is 0 Å². The van der Waals surface area contributed by atoms with Crippen molar-refractivity contribution < 1.29 is 23.8 Å². The second-order valence-corrected chi connectivity index (χ2v) is 6.34. The molecule has 0 radical (unpaired) electrons. The van der Waals surface area contributed by atoms with Gasteiger partial charge in [-0.3, -0.25) is 4.79 Å². The van der Waals surface area contributed by atoms with Crippen LogP contribution in [0.15, 0.2) is 48.2 Å². The first-order valence-corrected chi connectivity index (χ1v) is 8.59. The topological polar surface area (TPSA) is 61.8 Å². The van der Waals surface area contributed by atoms with E-state index in [0.29, 0.717) is 35.7 Å². The first-order chi connectivity index (χ1) is 12.6. The fourth-order valence-electron chi connectivity index (χ4n) is 3.12. The van der Waals surface area contributed by atoms with E-state index in [1.807, 2.05) is 30.3 Å². The van der Waals surface area contributed by atoms with Gasteiger partial charge in [0, 0.05) is 12.2 Å². The summed E-state index contributed by atoms with van der Waals surface area (Å²) in [7, 11) is 0. The van der Waals surface area contributed by atoms with Gasteiger partial charge in [-0.15, -0.1) is 0 Å². The molecule has 0 N–H and O–H groups in total. The normalized spacial score (nSPS) is 20.1. The zero-order valence-electron chi connectivity index (χ0n) is 14.4. The van der Waals surface area contributed by atoms with Gasteiger partial charge in [-0.05, 0) is 43.5 Å². The molecule has 0 aliphatic carbocycles. The standard InChI is InChI=1S/C21H18O5/c1-13-16(26-21(23)17-8-5-11-24-17)10-9-15-19(22)18(25-20(13)15)12-14-6-3-2-4-7-14/h2-4,6-7,9-10,12,17H,5,8,11H2,1H3/b18-12-. The zero-order valence-corrected chi connectivity index (χ0v) is 14.4. The lowest BCUT2D eigenvalue weighted by Gasteiger charge is -2.12. The minimum Gasteiger partial charge on any atom is -0.452 e. The number of carbonyl (C=O) groups is 2. The van der Waals surface area contributed by atoms with Crippen molar-refractivity contribution in [2.75, 3.05) is 6.61 Å². The molecule has 0 spiro atoms. The lowest BCUT2D eigenvalue weighted by Crippen LogP contribution is -2.25. The van der Waals surface area contributed by atoms with Crippen LogP contribution < -0.4 is 9.47 Å². The predicted octanol–water partition coefficient (Wildman–Crippen LogP) is 3.70. The summed E-state index contributed by atoms with van der Waals surface area (Å²) >= 11 is 0. The van der Waals surface area contributed by atoms with E-state index < -0.39 is 12.1 Å². The molecule has 1 atom stereocenters. The molecule has 0 bridgehead atoms. The number of esters is 1. The maximum absolute atomic E-state index is 12.6. The van der Waals surface area contributed by atoms with Crippen LogP contribution in [0.4, 0.5) is 0 Å². The van der Waals surface area contributed by atoms with E-state index in [1.165, 1.54) is 0 Å². The molecule has 5 heteroatoms. The molecule has 0 amide bonds. The molecule has 1 saturated heterocycles. The van der Waals surface area contributed by atoms with Gasteiger partial charge < -0.3 is 14.2 Å². The van der Waals surface area contributed by atoms with Gasteiger partial charge in [-0.1, -0.05) is 30.3 Å². The monoisotopic (exact) mass is 350 g/mol. The highest BCUT2D eigenvalue weighted by atomic mass is 16.6. The highest BCUT2D eigenvalue weighted by Crippen LogP contribution is 2.39. The molecule has 0 aromatic heterocycles. The van der Waals surface area contributed by atoms with Crippen LogP contribution >= 0.6 is 0 Å². The van der Waals surface area contributed by atoms with Gasteiger partial charge >= 0.3 is 5.97 Å². The number of ether oxygens (including phenoxy) is 3. The highest BCUT2D eigenvalue weighted by molar-refractivity contribution is 6.15. The Morgan fingerprint density at radius 2 is 2.00 bits per heavy atom. The molecule has 5 nitrogen and oxygen atoms in total. The molecule has 1 fully saturated rings. The van der Waals surface area contributed by atoms with Crippen molar-refractivity contribution in [3.8, 4) is 11.5 Å². The zero-order chi connectivity index (χ0) is 18.1. The van der Waals surface area contributed by atoms with Crippen molar-refractivity contribution in [3.05, 3.63) is 64.9 Å². The summed E-state index contributed by atoms with van der Waals surface area (Å²) in [6.07, 6.45) is 2.72. The average molecular weight is 350 g/mol. The highest BCUT2D eigenvalue weighted by Gasteiger charge is 2.32. The number of hydrogen-bond acceptors (Lipinski definition) is 5. The van der Waals surface area contributed by atoms with Crippen molar-refractivity contribution in [2.24, 2.45) is 0 Å². The smallest absolute Gasteiger partial charge is 0.340 e. The van der Waals surface area contributed by atoms with Crippen molar-refractivity contribution >= 4 is 17.8 Å². The van der Waals surface area contributed by atoms with Crippen molar-refractivity contribution in [3.63, 3.8) is 0 Å². The number of carbonyl (C=O) groups excluding carboxylic acids is 2. The predicted molar refractivity (Wildman–Crippen MR) is 95.2 cm³/mol. The largest absolute Gasteiger partial charge is 0.452 e. The summed E-state index contributed by atoms with van der Waals surface area (Å²) in [5.74, 6) is 0.503. The molecule has 0 saturated carbocycles. The Bertz CT molecular complexity index is 892. The number of hydrogen-bond donors (Lipinski definition) is 0. The van der Waals surface area contributed by atoms with Crippen LogP contribution in [0.3, 0.4) is 0 Å². The fraction of sp³-hybridized carbons (Fsp3) is 0.238. The lowest BCUT2D eigenvalue weighted by atomic mass is 10.1. The number of Topliss-reactive ketones (excluding diaryl/α,β-unsaturated/α-hetero) is 1. The number of fused-ring (bicyclic) bond motifs is 1. The number of benzene rings is 2. The van der Waals surface area contributed by atoms with Gasteiger partial charge in [0.15, 0.2) is 11.9 Å². The molecule has 2 aromatic rings. The third-order valence-corrected chi connectivity index (χ3v) is 4.54. The average Bonchev–Trinajstić information content (AvgIpc) is 3.28. The molecule has 132 valence electrons. The Labute approximate surface area is 151 Å². The van der Waals surface area contributed by atoms with E-state index in [-0.39, 0.29) is 11.5 Å². The Morgan fingerprint density at radius 1 is 1.19 bits per heavy atom. The SMILES string of the molecule is Cc1c(OC(=O)C2CCCO2)ccc2c1O/C(=C\c1ccccc1)C2=O. The second kappa shape index (κ2) is 6.77. The second-order valence-electron chi connectivity index (χ2n) is 6.34. The first kappa shape index (κ1) is 16.5. The summed E-state index contributed by atoms with van der Waals surface area (Å²) in [4.78, 5) is 24.7. The summed E-state index contributed by atoms with van der Waals surface area (Å²) in [6, 6.07) is 12.8.